The average molecular weight is 482 g/mol. The van der Waals surface area contributed by atoms with Crippen molar-refractivity contribution in [1.82, 2.24) is 19.9 Å². The fraction of sp³-hybridized carbons (Fsp3) is 0.368. The van der Waals surface area contributed by atoms with Crippen LogP contribution in [-0.2, 0) is 17.7 Å². The molecule has 0 bridgehead atoms. The van der Waals surface area contributed by atoms with Crippen LogP contribution in [-0.4, -0.2) is 67.3 Å². The summed E-state index contributed by atoms with van der Waals surface area (Å²) in [5.74, 6) is 2.66. The lowest BCUT2D eigenvalue weighted by molar-refractivity contribution is 0.311. The van der Waals surface area contributed by atoms with Crippen LogP contribution in [0.1, 0.15) is 5.56 Å². The van der Waals surface area contributed by atoms with Crippen molar-refractivity contribution < 1.29 is 9.66 Å². The summed E-state index contributed by atoms with van der Waals surface area (Å²) in [6.07, 6.45) is 1.45. The molecule has 31 heavy (non-hydrogen) atoms. The highest BCUT2D eigenvalue weighted by molar-refractivity contribution is 7.91. The van der Waals surface area contributed by atoms with Crippen LogP contribution in [0.5, 0.6) is 0 Å². The molecule has 9 nitrogen and oxygen atoms in total. The number of aliphatic hydroxyl groups is 1. The lowest BCUT2D eigenvalue weighted by Gasteiger charge is -2.29. The summed E-state index contributed by atoms with van der Waals surface area (Å²) in [5, 5.41) is 16.6. The zero-order chi connectivity index (χ0) is 21.8. The van der Waals surface area contributed by atoms with Crippen molar-refractivity contribution in [2.45, 2.75) is 6.54 Å². The van der Waals surface area contributed by atoms with Gasteiger partial charge in [-0.1, -0.05) is 40.4 Å². The third-order valence-electron chi connectivity index (χ3n) is 4.83. The Labute approximate surface area is 192 Å². The van der Waals surface area contributed by atoms with Crippen LogP contribution in [0.2, 0.25) is 10.0 Å². The predicted molar refractivity (Wildman–Crippen MR) is 125 cm³/mol. The number of aromatic nitrogens is 4. The molecule has 164 valence electrons. The van der Waals surface area contributed by atoms with E-state index in [2.05, 4.69) is 35.5 Å². The first kappa shape index (κ1) is 22.1. The highest BCUT2D eigenvalue weighted by Crippen LogP contribution is 2.30. The number of nitrogens with zero attached hydrogens (tertiary/aromatic N) is 5. The normalized spacial score (nSPS) is 14.8. The number of anilines is 3. The maximum absolute atomic E-state index is 11.8. The second-order valence-corrected chi connectivity index (χ2v) is 9.34. The van der Waals surface area contributed by atoms with Gasteiger partial charge in [-0.25, -0.2) is 15.0 Å². The number of hydrogen-bond acceptors (Lipinski definition) is 9. The van der Waals surface area contributed by atoms with Gasteiger partial charge in [-0.3, -0.25) is 0 Å². The minimum Gasteiger partial charge on any atom is -0.616 e. The van der Waals surface area contributed by atoms with E-state index in [1.807, 2.05) is 0 Å². The first-order valence-electron chi connectivity index (χ1n) is 9.71. The Morgan fingerprint density at radius 3 is 2.52 bits per heavy atom. The van der Waals surface area contributed by atoms with Crippen LogP contribution in [0.3, 0.4) is 0 Å². The van der Waals surface area contributed by atoms with Gasteiger partial charge in [0.1, 0.15) is 28.9 Å². The molecule has 4 rings (SSSR count). The van der Waals surface area contributed by atoms with Gasteiger partial charge >= 0.3 is 0 Å². The molecule has 3 aromatic rings. The van der Waals surface area contributed by atoms with Crippen molar-refractivity contribution in [3.63, 3.8) is 0 Å². The standard InChI is InChI=1S/C19H21Cl2N7O2S/c20-13-2-1-3-14(21)12(13)10-23-17-15-16(24-11-25-17)18(27-19(26-15)22-4-7-29)28-5-8-31(30)9-6-28/h1-3,11,29H,4-10H2,(H,22,26,27)(H,23,24,25). The molecule has 3 heterocycles. The third kappa shape index (κ3) is 5.04. The molecule has 0 amide bonds. The van der Waals surface area contributed by atoms with Crippen LogP contribution in [0.25, 0.3) is 11.0 Å². The van der Waals surface area contributed by atoms with Crippen molar-refractivity contribution in [3.05, 3.63) is 40.1 Å². The number of hydrogen-bond donors (Lipinski definition) is 3. The topological polar surface area (TPSA) is 122 Å². The van der Waals surface area contributed by atoms with E-state index >= 15 is 0 Å². The molecular weight excluding hydrogens is 461 g/mol. The fourth-order valence-electron chi connectivity index (χ4n) is 3.25. The lowest BCUT2D eigenvalue weighted by Crippen LogP contribution is -2.41. The first-order valence-corrected chi connectivity index (χ1v) is 12.0. The Bertz CT molecular complexity index is 1050. The second-order valence-electron chi connectivity index (χ2n) is 6.83. The fourth-order valence-corrected chi connectivity index (χ4v) is 4.84. The Kier molecular flexibility index (Phi) is 7.13. The van der Waals surface area contributed by atoms with Gasteiger partial charge in [0.05, 0.1) is 19.7 Å². The highest BCUT2D eigenvalue weighted by Gasteiger charge is 2.24. The molecule has 1 fully saturated rings. The zero-order valence-electron chi connectivity index (χ0n) is 16.5. The van der Waals surface area contributed by atoms with Gasteiger partial charge < -0.3 is 25.2 Å². The van der Waals surface area contributed by atoms with E-state index in [0.717, 1.165) is 5.56 Å². The molecule has 12 heteroatoms. The Balaban J connectivity index is 1.71. The first-order chi connectivity index (χ1) is 15.1. The van der Waals surface area contributed by atoms with Crippen molar-refractivity contribution in [2.24, 2.45) is 0 Å². The van der Waals surface area contributed by atoms with Gasteiger partial charge in [0.25, 0.3) is 0 Å². The zero-order valence-corrected chi connectivity index (χ0v) is 18.8. The van der Waals surface area contributed by atoms with Crippen molar-refractivity contribution >= 4 is 63.0 Å². The van der Waals surface area contributed by atoms with Crippen LogP contribution >= 0.6 is 23.2 Å². The molecule has 0 atom stereocenters. The quantitative estimate of drug-likeness (QED) is 0.436. The molecule has 0 spiro atoms. The van der Waals surface area contributed by atoms with Gasteiger partial charge in [-0.05, 0) is 12.1 Å². The van der Waals surface area contributed by atoms with Gasteiger partial charge in [0.15, 0.2) is 11.6 Å². The molecular formula is C19H21Cl2N7O2S. The minimum atomic E-state index is -0.816. The summed E-state index contributed by atoms with van der Waals surface area (Å²) in [6.45, 7) is 1.83. The summed E-state index contributed by atoms with van der Waals surface area (Å²) in [4.78, 5) is 20.0. The minimum absolute atomic E-state index is 0.0547. The van der Waals surface area contributed by atoms with Gasteiger partial charge in [0, 0.05) is 28.7 Å². The molecule has 1 aromatic carbocycles. The third-order valence-corrected chi connectivity index (χ3v) is 6.81. The Morgan fingerprint density at radius 2 is 1.81 bits per heavy atom. The Hall–Kier alpha value is -2.11. The van der Waals surface area contributed by atoms with Crippen molar-refractivity contribution in [2.75, 3.05) is 53.3 Å². The van der Waals surface area contributed by atoms with Gasteiger partial charge in [0.2, 0.25) is 5.95 Å². The van der Waals surface area contributed by atoms with Gasteiger partial charge in [-0.15, -0.1) is 0 Å². The number of rotatable bonds is 7. The molecule has 3 N–H and O–H groups in total. The number of halogens is 2. The van der Waals surface area contributed by atoms with E-state index in [4.69, 9.17) is 23.2 Å². The number of fused-ring (bicyclic) bond motifs is 1. The molecule has 1 aliphatic rings. The summed E-state index contributed by atoms with van der Waals surface area (Å²) in [7, 11) is 0. The monoisotopic (exact) mass is 481 g/mol. The summed E-state index contributed by atoms with van der Waals surface area (Å²) in [6, 6.07) is 5.35. The molecule has 0 saturated carbocycles. The number of benzene rings is 1. The van der Waals surface area contributed by atoms with E-state index in [-0.39, 0.29) is 6.61 Å². The van der Waals surface area contributed by atoms with Crippen LogP contribution in [0.15, 0.2) is 24.5 Å². The average Bonchev–Trinajstić information content (AvgIpc) is 2.77. The maximum Gasteiger partial charge on any atom is 0.225 e. The number of nitrogens with one attached hydrogen (secondary N) is 2. The second kappa shape index (κ2) is 10.0. The summed E-state index contributed by atoms with van der Waals surface area (Å²) >= 11 is 11.8. The van der Waals surface area contributed by atoms with Crippen LogP contribution in [0.4, 0.5) is 17.6 Å². The van der Waals surface area contributed by atoms with Crippen LogP contribution in [0, 0.1) is 0 Å². The van der Waals surface area contributed by atoms with Gasteiger partial charge in [-0.2, -0.15) is 4.98 Å². The van der Waals surface area contributed by atoms with Crippen molar-refractivity contribution in [1.29, 1.82) is 0 Å². The summed E-state index contributed by atoms with van der Waals surface area (Å²) < 4.78 is 11.8. The van der Waals surface area contributed by atoms with E-state index in [0.29, 0.717) is 76.3 Å². The SMILES string of the molecule is [O-][S+]1CCN(c2nc(NCCO)nc3c(NCc4c(Cl)cccc4Cl)ncnc23)CC1. The summed E-state index contributed by atoms with van der Waals surface area (Å²) in [5.41, 5.74) is 1.87. The van der Waals surface area contributed by atoms with E-state index in [1.54, 1.807) is 18.2 Å². The van der Waals surface area contributed by atoms with E-state index in [9.17, 15) is 9.66 Å². The molecule has 1 aliphatic heterocycles. The van der Waals surface area contributed by atoms with E-state index in [1.165, 1.54) is 6.33 Å². The smallest absolute Gasteiger partial charge is 0.225 e. The van der Waals surface area contributed by atoms with Crippen LogP contribution < -0.4 is 15.5 Å². The lowest BCUT2D eigenvalue weighted by atomic mass is 10.2. The highest BCUT2D eigenvalue weighted by atomic mass is 35.5. The molecule has 0 unspecified atom stereocenters. The molecule has 0 radical (unpaired) electrons. The molecule has 1 saturated heterocycles. The number of aliphatic hydroxyl groups excluding tert-OH is 1. The molecule has 2 aromatic heterocycles. The largest absolute Gasteiger partial charge is 0.616 e. The predicted octanol–water partition coefficient (Wildman–Crippen LogP) is 2.31. The van der Waals surface area contributed by atoms with E-state index < -0.39 is 11.2 Å². The Morgan fingerprint density at radius 1 is 1.06 bits per heavy atom. The van der Waals surface area contributed by atoms with Crippen molar-refractivity contribution in [3.8, 4) is 0 Å². The molecule has 0 aliphatic carbocycles. The maximum atomic E-state index is 11.8.